The summed E-state index contributed by atoms with van der Waals surface area (Å²) in [5, 5.41) is 14.0. The number of benzene rings is 4. The van der Waals surface area contributed by atoms with Gasteiger partial charge >= 0.3 is 11.9 Å². The number of aliphatic carboxylic acids is 1. The molecule has 3 aliphatic heterocycles. The Bertz CT molecular complexity index is 1760. The third-order valence-corrected chi connectivity index (χ3v) is 10.1. The molecule has 2 saturated heterocycles. The van der Waals surface area contributed by atoms with Crippen LogP contribution in [0.25, 0.3) is 0 Å². The molecule has 8 heteroatoms. The molecule has 0 radical (unpaired) electrons. The molecule has 7 nitrogen and oxygen atoms in total. The summed E-state index contributed by atoms with van der Waals surface area (Å²) in [5.74, 6) is -3.42. The number of nitrogens with zero attached hydrogens (tertiary/aromatic N) is 1. The Morgan fingerprint density at radius 2 is 1.50 bits per heavy atom. The van der Waals surface area contributed by atoms with Gasteiger partial charge in [0.15, 0.2) is 0 Å². The van der Waals surface area contributed by atoms with Crippen molar-refractivity contribution in [2.45, 2.75) is 49.4 Å². The Labute approximate surface area is 269 Å². The number of amides is 1. The second kappa shape index (κ2) is 10.9. The van der Waals surface area contributed by atoms with E-state index >= 15 is 0 Å². The number of carbonyl (C=O) groups is 3. The Morgan fingerprint density at radius 3 is 2.11 bits per heavy atom. The molecule has 0 aromatic heterocycles. The highest BCUT2D eigenvalue weighted by Gasteiger charge is 2.74. The molecule has 0 aliphatic carbocycles. The van der Waals surface area contributed by atoms with Gasteiger partial charge in [0.05, 0.1) is 12.1 Å². The van der Waals surface area contributed by atoms with Crippen molar-refractivity contribution in [2.75, 3.05) is 5.32 Å². The second-order valence-corrected chi connectivity index (χ2v) is 13.3. The third-order valence-electron chi connectivity index (χ3n) is 9.45. The van der Waals surface area contributed by atoms with E-state index in [0.29, 0.717) is 11.3 Å². The minimum Gasteiger partial charge on any atom is -0.481 e. The molecule has 4 aromatic rings. The first-order chi connectivity index (χ1) is 21.2. The van der Waals surface area contributed by atoms with E-state index in [2.05, 4.69) is 41.8 Å². The average Bonchev–Trinajstić information content (AvgIpc) is 3.50. The standard InChI is InChI=1S/C36H31IN2O5/c1-20(2)21-13-15-24(16-14-21)32-36(26-19-25(37)17-18-27(26)38-35(36)43)28(33(40)41)30-34(42)44-31(23-11-7-4-8-12-23)29(39(30)32)22-9-5-3-6-10-22/h3-20,28-32H,1-2H3,(H,38,43)(H,40,41)/t28-,29-,30-,31+,32+,36-/m0/s1. The molecule has 2 fully saturated rings. The number of ether oxygens (including phenoxy) is 1. The summed E-state index contributed by atoms with van der Waals surface area (Å²) >= 11 is 2.19. The SMILES string of the molecule is CC(C)c1ccc([C@H]2N3[C@H](C(=O)O[C@H](c4ccccc4)[C@@H]3c3ccccc3)[C@@H](C(=O)O)[C@]23C(=O)Nc2ccc(I)cc23)cc1. The number of hydrogen-bond acceptors (Lipinski definition) is 5. The van der Waals surface area contributed by atoms with Crippen molar-refractivity contribution in [3.8, 4) is 0 Å². The number of rotatable bonds is 5. The topological polar surface area (TPSA) is 95.9 Å². The third kappa shape index (κ3) is 4.22. The zero-order valence-electron chi connectivity index (χ0n) is 24.2. The van der Waals surface area contributed by atoms with Crippen LogP contribution < -0.4 is 5.32 Å². The van der Waals surface area contributed by atoms with Crippen LogP contribution in [0.1, 0.15) is 65.8 Å². The van der Waals surface area contributed by atoms with Crippen LogP contribution in [0.15, 0.2) is 103 Å². The monoisotopic (exact) mass is 698 g/mol. The fraction of sp³-hybridized carbons (Fsp3) is 0.250. The van der Waals surface area contributed by atoms with Crippen molar-refractivity contribution in [3.63, 3.8) is 0 Å². The maximum absolute atomic E-state index is 14.5. The highest BCUT2D eigenvalue weighted by atomic mass is 127. The van der Waals surface area contributed by atoms with E-state index in [-0.39, 0.29) is 5.92 Å². The highest BCUT2D eigenvalue weighted by molar-refractivity contribution is 14.1. The number of morpholine rings is 1. The number of anilines is 1. The number of cyclic esters (lactones) is 1. The van der Waals surface area contributed by atoms with Crippen LogP contribution >= 0.6 is 22.6 Å². The molecule has 222 valence electrons. The number of halogens is 1. The molecule has 0 unspecified atom stereocenters. The minimum absolute atomic E-state index is 0.280. The summed E-state index contributed by atoms with van der Waals surface area (Å²) < 4.78 is 7.11. The number of carboxylic acid groups (broad SMARTS) is 1. The lowest BCUT2D eigenvalue weighted by atomic mass is 9.65. The van der Waals surface area contributed by atoms with Gasteiger partial charge in [-0.05, 0) is 74.5 Å². The van der Waals surface area contributed by atoms with Crippen molar-refractivity contribution < 1.29 is 24.2 Å². The second-order valence-electron chi connectivity index (χ2n) is 12.1. The first-order valence-electron chi connectivity index (χ1n) is 14.8. The zero-order chi connectivity index (χ0) is 30.7. The van der Waals surface area contributed by atoms with E-state index in [1.165, 1.54) is 0 Å². The number of carboxylic acids is 1. The van der Waals surface area contributed by atoms with Gasteiger partial charge in [-0.2, -0.15) is 0 Å². The van der Waals surface area contributed by atoms with Gasteiger partial charge in [0, 0.05) is 9.26 Å². The van der Waals surface area contributed by atoms with Gasteiger partial charge in [0.25, 0.3) is 0 Å². The molecule has 44 heavy (non-hydrogen) atoms. The number of nitrogens with one attached hydrogen (secondary N) is 1. The van der Waals surface area contributed by atoms with E-state index in [1.54, 1.807) is 0 Å². The largest absolute Gasteiger partial charge is 0.481 e. The van der Waals surface area contributed by atoms with Gasteiger partial charge in [-0.25, -0.2) is 0 Å². The first-order valence-corrected chi connectivity index (χ1v) is 15.8. The summed E-state index contributed by atoms with van der Waals surface area (Å²) in [6, 6.07) is 30.3. The molecular weight excluding hydrogens is 667 g/mol. The number of esters is 1. The Morgan fingerprint density at radius 1 is 0.864 bits per heavy atom. The van der Waals surface area contributed by atoms with Crippen molar-refractivity contribution in [3.05, 3.63) is 135 Å². The van der Waals surface area contributed by atoms with Gasteiger partial charge in [0.2, 0.25) is 5.91 Å². The minimum atomic E-state index is -1.61. The molecule has 2 N–H and O–H groups in total. The normalized spacial score (nSPS) is 27.6. The van der Waals surface area contributed by atoms with Crippen LogP contribution in [0.2, 0.25) is 0 Å². The van der Waals surface area contributed by atoms with Crippen molar-refractivity contribution in [1.29, 1.82) is 0 Å². The fourth-order valence-corrected chi connectivity index (χ4v) is 8.10. The lowest BCUT2D eigenvalue weighted by molar-refractivity contribution is -0.179. The summed E-state index contributed by atoms with van der Waals surface area (Å²) in [6.07, 6.45) is -0.732. The maximum atomic E-state index is 14.5. The molecule has 3 heterocycles. The van der Waals surface area contributed by atoms with Crippen LogP contribution in [0.3, 0.4) is 0 Å². The van der Waals surface area contributed by atoms with Crippen LogP contribution in [0, 0.1) is 9.49 Å². The van der Waals surface area contributed by atoms with Crippen LogP contribution in [-0.4, -0.2) is 33.9 Å². The van der Waals surface area contributed by atoms with Crippen molar-refractivity contribution >= 4 is 46.1 Å². The average molecular weight is 699 g/mol. The summed E-state index contributed by atoms with van der Waals surface area (Å²) in [6.45, 7) is 4.23. The number of hydrogen-bond donors (Lipinski definition) is 2. The van der Waals surface area contributed by atoms with E-state index in [1.807, 2.05) is 108 Å². The van der Waals surface area contributed by atoms with Gasteiger partial charge in [0.1, 0.15) is 23.5 Å². The zero-order valence-corrected chi connectivity index (χ0v) is 26.3. The molecule has 1 spiro atoms. The Balaban J connectivity index is 1.56. The van der Waals surface area contributed by atoms with Gasteiger partial charge in [-0.15, -0.1) is 0 Å². The first kappa shape index (κ1) is 28.7. The van der Waals surface area contributed by atoms with Crippen molar-refractivity contribution in [2.24, 2.45) is 5.92 Å². The fourth-order valence-electron chi connectivity index (χ4n) is 7.61. The molecule has 0 saturated carbocycles. The number of fused-ring (bicyclic) bond motifs is 3. The lowest BCUT2D eigenvalue weighted by Gasteiger charge is -2.46. The van der Waals surface area contributed by atoms with E-state index in [4.69, 9.17) is 4.74 Å². The molecule has 7 rings (SSSR count). The quantitative estimate of drug-likeness (QED) is 0.177. The summed E-state index contributed by atoms with van der Waals surface area (Å²) in [4.78, 5) is 44.3. The summed E-state index contributed by atoms with van der Waals surface area (Å²) in [7, 11) is 0. The predicted octanol–water partition coefficient (Wildman–Crippen LogP) is 6.77. The summed E-state index contributed by atoms with van der Waals surface area (Å²) in [5.41, 5.74) is 3.10. The van der Waals surface area contributed by atoms with Crippen LogP contribution in [0.4, 0.5) is 5.69 Å². The van der Waals surface area contributed by atoms with Gasteiger partial charge < -0.3 is 15.2 Å². The van der Waals surface area contributed by atoms with E-state index in [9.17, 15) is 19.5 Å². The number of carbonyl (C=O) groups excluding carboxylic acids is 2. The van der Waals surface area contributed by atoms with Gasteiger partial charge in [-0.3, -0.25) is 19.3 Å². The predicted molar refractivity (Wildman–Crippen MR) is 174 cm³/mol. The molecule has 1 amide bonds. The Kier molecular flexibility index (Phi) is 7.09. The molecule has 0 bridgehead atoms. The highest BCUT2D eigenvalue weighted by Crippen LogP contribution is 2.64. The van der Waals surface area contributed by atoms with Gasteiger partial charge in [-0.1, -0.05) is 98.8 Å². The Hall–Kier alpha value is -4.02. The molecule has 3 aliphatic rings. The lowest BCUT2D eigenvalue weighted by Crippen LogP contribution is -2.52. The smallest absolute Gasteiger partial charge is 0.325 e. The molecular formula is C36H31IN2O5. The van der Waals surface area contributed by atoms with Crippen molar-refractivity contribution in [1.82, 2.24) is 4.90 Å². The van der Waals surface area contributed by atoms with Crippen LogP contribution in [0.5, 0.6) is 0 Å². The molecule has 4 aromatic carbocycles. The maximum Gasteiger partial charge on any atom is 0.325 e. The molecule has 6 atom stereocenters. The van der Waals surface area contributed by atoms with E-state index < -0.39 is 53.4 Å². The van der Waals surface area contributed by atoms with Crippen LogP contribution in [-0.2, 0) is 24.5 Å². The van der Waals surface area contributed by atoms with E-state index in [0.717, 1.165) is 25.8 Å².